The molecule has 0 spiro atoms. The molecule has 5 heteroatoms. The van der Waals surface area contributed by atoms with Crippen molar-refractivity contribution in [1.82, 2.24) is 5.32 Å². The van der Waals surface area contributed by atoms with Crippen molar-refractivity contribution in [3.05, 3.63) is 0 Å². The molecule has 5 nitrogen and oxygen atoms in total. The van der Waals surface area contributed by atoms with Gasteiger partial charge in [-0.05, 0) is 19.4 Å². The van der Waals surface area contributed by atoms with Crippen molar-refractivity contribution in [3.63, 3.8) is 0 Å². The summed E-state index contributed by atoms with van der Waals surface area (Å²) in [7, 11) is 0. The third kappa shape index (κ3) is 23.4. The first-order valence-corrected chi connectivity index (χ1v) is 13.3. The topological polar surface area (TPSA) is 86.6 Å². The molecule has 1 atom stereocenters. The minimum absolute atomic E-state index is 0.108. The quantitative estimate of drug-likeness (QED) is 0.129. The van der Waals surface area contributed by atoms with Gasteiger partial charge in [-0.3, -0.25) is 9.59 Å². The number of unbranched alkanes of at least 4 members (excludes halogenated alkanes) is 18. The summed E-state index contributed by atoms with van der Waals surface area (Å²) in [6.45, 7) is 2.92. The van der Waals surface area contributed by atoms with Crippen molar-refractivity contribution in [2.45, 2.75) is 148 Å². The lowest BCUT2D eigenvalue weighted by Gasteiger charge is -2.13. The second-order valence-electron chi connectivity index (χ2n) is 9.14. The number of rotatable bonds is 25. The zero-order valence-corrected chi connectivity index (χ0v) is 20.3. The molecule has 0 saturated carbocycles. The van der Waals surface area contributed by atoms with E-state index in [1.165, 1.54) is 109 Å². The van der Waals surface area contributed by atoms with Crippen LogP contribution in [0.2, 0.25) is 0 Å². The lowest BCUT2D eigenvalue weighted by atomic mass is 10.0. The Balaban J connectivity index is 3.24. The molecule has 0 aliphatic carbocycles. The highest BCUT2D eigenvalue weighted by Crippen LogP contribution is 2.14. The van der Waals surface area contributed by atoms with Crippen molar-refractivity contribution < 1.29 is 19.8 Å². The van der Waals surface area contributed by atoms with E-state index in [0.717, 1.165) is 12.8 Å². The highest BCUT2D eigenvalue weighted by atomic mass is 16.4. The zero-order valence-electron chi connectivity index (χ0n) is 20.3. The molecule has 0 bridgehead atoms. The van der Waals surface area contributed by atoms with Crippen LogP contribution in [0, 0.1) is 0 Å². The Morgan fingerprint density at radius 1 is 0.613 bits per heavy atom. The van der Waals surface area contributed by atoms with Crippen LogP contribution in [0.15, 0.2) is 0 Å². The molecule has 31 heavy (non-hydrogen) atoms. The molecule has 0 aliphatic rings. The van der Waals surface area contributed by atoms with E-state index in [4.69, 9.17) is 10.2 Å². The van der Waals surface area contributed by atoms with Gasteiger partial charge in [-0.25, -0.2) is 0 Å². The molecule has 3 N–H and O–H groups in total. The van der Waals surface area contributed by atoms with Gasteiger partial charge in [-0.1, -0.05) is 122 Å². The van der Waals surface area contributed by atoms with E-state index in [0.29, 0.717) is 6.54 Å². The smallest absolute Gasteiger partial charge is 0.320 e. The normalized spacial score (nSPS) is 12.2. The van der Waals surface area contributed by atoms with Crippen LogP contribution in [-0.2, 0) is 9.59 Å². The first kappa shape index (κ1) is 29.9. The average molecular weight is 442 g/mol. The number of hydrogen-bond donors (Lipinski definition) is 3. The maximum atomic E-state index is 11.1. The largest absolute Gasteiger partial charge is 0.481 e. The predicted octanol–water partition coefficient (Wildman–Crippen LogP) is 7.33. The molecule has 0 aromatic rings. The molecule has 0 aromatic carbocycles. The van der Waals surface area contributed by atoms with Gasteiger partial charge in [0.1, 0.15) is 6.04 Å². The maximum absolute atomic E-state index is 11.1. The Morgan fingerprint density at radius 2 is 0.968 bits per heavy atom. The fourth-order valence-corrected chi connectivity index (χ4v) is 4.06. The SMILES string of the molecule is CCCCCCCCCCCCCCCCCCCCCNC(CCC(=O)O)C(=O)O. The van der Waals surface area contributed by atoms with Gasteiger partial charge >= 0.3 is 11.9 Å². The van der Waals surface area contributed by atoms with Crippen LogP contribution in [0.25, 0.3) is 0 Å². The van der Waals surface area contributed by atoms with Gasteiger partial charge in [0.25, 0.3) is 0 Å². The molecule has 0 radical (unpaired) electrons. The number of carboxylic acid groups (broad SMARTS) is 2. The average Bonchev–Trinajstić information content (AvgIpc) is 2.73. The molecule has 0 saturated heterocycles. The molecule has 0 fully saturated rings. The van der Waals surface area contributed by atoms with Crippen LogP contribution in [0.3, 0.4) is 0 Å². The summed E-state index contributed by atoms with van der Waals surface area (Å²) in [5.74, 6) is -1.91. The summed E-state index contributed by atoms with van der Waals surface area (Å²) < 4.78 is 0. The minimum atomic E-state index is -0.959. The van der Waals surface area contributed by atoms with Gasteiger partial charge in [0.2, 0.25) is 0 Å². The predicted molar refractivity (Wildman–Crippen MR) is 130 cm³/mol. The third-order valence-electron chi connectivity index (χ3n) is 6.12. The van der Waals surface area contributed by atoms with Crippen LogP contribution in [-0.4, -0.2) is 34.7 Å². The summed E-state index contributed by atoms with van der Waals surface area (Å²) in [6.07, 6.45) is 25.5. The third-order valence-corrected chi connectivity index (χ3v) is 6.12. The van der Waals surface area contributed by atoms with Gasteiger partial charge in [0.15, 0.2) is 0 Å². The molecular weight excluding hydrogens is 390 g/mol. The van der Waals surface area contributed by atoms with Gasteiger partial charge in [-0.2, -0.15) is 0 Å². The van der Waals surface area contributed by atoms with E-state index in [-0.39, 0.29) is 12.8 Å². The standard InChI is InChI=1S/C26H51NO4/c1-2-3-4-5-6-7-8-9-10-11-12-13-14-15-16-17-18-19-20-23-27-24(26(30)31)21-22-25(28)29/h24,27H,2-23H2,1H3,(H,28,29)(H,30,31). The monoisotopic (exact) mass is 441 g/mol. The fraction of sp³-hybridized carbons (Fsp3) is 0.923. The minimum Gasteiger partial charge on any atom is -0.481 e. The summed E-state index contributed by atoms with van der Waals surface area (Å²) >= 11 is 0. The van der Waals surface area contributed by atoms with Crippen molar-refractivity contribution in [2.24, 2.45) is 0 Å². The molecule has 0 aliphatic heterocycles. The Bertz CT molecular complexity index is 414. The maximum Gasteiger partial charge on any atom is 0.320 e. The molecule has 0 aromatic heterocycles. The second kappa shape index (κ2) is 23.6. The van der Waals surface area contributed by atoms with Gasteiger partial charge < -0.3 is 15.5 Å². The number of carboxylic acids is 2. The van der Waals surface area contributed by atoms with Crippen LogP contribution in [0.1, 0.15) is 142 Å². The molecule has 0 rings (SSSR count). The van der Waals surface area contributed by atoms with Crippen molar-refractivity contribution in [3.8, 4) is 0 Å². The molecule has 0 amide bonds. The van der Waals surface area contributed by atoms with E-state index in [1.807, 2.05) is 0 Å². The highest BCUT2D eigenvalue weighted by Gasteiger charge is 2.17. The number of carbonyl (C=O) groups is 2. The van der Waals surface area contributed by atoms with E-state index in [9.17, 15) is 9.59 Å². The number of aliphatic carboxylic acids is 2. The van der Waals surface area contributed by atoms with Crippen LogP contribution in [0.4, 0.5) is 0 Å². The first-order chi connectivity index (χ1) is 15.1. The number of nitrogens with one attached hydrogen (secondary N) is 1. The Kier molecular flexibility index (Phi) is 22.7. The van der Waals surface area contributed by atoms with Gasteiger partial charge in [0, 0.05) is 6.42 Å². The summed E-state index contributed by atoms with van der Waals surface area (Å²) in [4.78, 5) is 21.7. The Hall–Kier alpha value is -1.10. The Morgan fingerprint density at radius 3 is 1.29 bits per heavy atom. The Labute approximate surface area is 191 Å². The molecule has 1 unspecified atom stereocenters. The molecular formula is C26H51NO4. The van der Waals surface area contributed by atoms with Crippen LogP contribution >= 0.6 is 0 Å². The van der Waals surface area contributed by atoms with E-state index >= 15 is 0 Å². The second-order valence-corrected chi connectivity index (χ2v) is 9.14. The van der Waals surface area contributed by atoms with Crippen LogP contribution < -0.4 is 5.32 Å². The fourth-order valence-electron chi connectivity index (χ4n) is 4.06. The van der Waals surface area contributed by atoms with Gasteiger partial charge in [0.05, 0.1) is 0 Å². The molecule has 0 heterocycles. The van der Waals surface area contributed by atoms with Crippen molar-refractivity contribution >= 4 is 11.9 Å². The first-order valence-electron chi connectivity index (χ1n) is 13.3. The van der Waals surface area contributed by atoms with Gasteiger partial charge in [-0.15, -0.1) is 0 Å². The van der Waals surface area contributed by atoms with Crippen LogP contribution in [0.5, 0.6) is 0 Å². The molecule has 184 valence electrons. The lowest BCUT2D eigenvalue weighted by molar-refractivity contribution is -0.140. The summed E-state index contributed by atoms with van der Waals surface area (Å²) in [5, 5.41) is 20.7. The summed E-state index contributed by atoms with van der Waals surface area (Å²) in [6, 6.07) is -0.744. The summed E-state index contributed by atoms with van der Waals surface area (Å²) in [5.41, 5.74) is 0. The van der Waals surface area contributed by atoms with E-state index in [1.54, 1.807) is 0 Å². The lowest BCUT2D eigenvalue weighted by Crippen LogP contribution is -2.37. The highest BCUT2D eigenvalue weighted by molar-refractivity contribution is 5.75. The van der Waals surface area contributed by atoms with E-state index in [2.05, 4.69) is 12.2 Å². The number of hydrogen-bond acceptors (Lipinski definition) is 3. The zero-order chi connectivity index (χ0) is 23.0. The van der Waals surface area contributed by atoms with E-state index < -0.39 is 18.0 Å². The van der Waals surface area contributed by atoms with Crippen molar-refractivity contribution in [1.29, 1.82) is 0 Å². The van der Waals surface area contributed by atoms with Crippen molar-refractivity contribution in [2.75, 3.05) is 6.54 Å².